The molecule has 4 atom stereocenters. The summed E-state index contributed by atoms with van der Waals surface area (Å²) in [6.45, 7) is 2.99. The van der Waals surface area contributed by atoms with Gasteiger partial charge >= 0.3 is 0 Å². The molecule has 2 aliphatic rings. The Balaban J connectivity index is 1.61. The predicted molar refractivity (Wildman–Crippen MR) is 65.6 cm³/mol. The molecule has 0 aromatic carbocycles. The monoisotopic (exact) mass is 254 g/mol. The molecule has 1 aromatic rings. The largest absolute Gasteiger partial charge is 0.390 e. The lowest BCUT2D eigenvalue weighted by Crippen LogP contribution is -2.38. The van der Waals surface area contributed by atoms with Gasteiger partial charge in [0.25, 0.3) is 0 Å². The van der Waals surface area contributed by atoms with Gasteiger partial charge in [0.15, 0.2) is 0 Å². The first-order valence-electron chi connectivity index (χ1n) is 6.19. The van der Waals surface area contributed by atoms with Gasteiger partial charge in [0.1, 0.15) is 5.01 Å². The SMILES string of the molecule is O[C@H]1C[C@@H]2CN(Cc3nccs3)C[C@@H]2C[C@@H]1O. The number of thiazole rings is 1. The Morgan fingerprint density at radius 2 is 1.88 bits per heavy atom. The van der Waals surface area contributed by atoms with Gasteiger partial charge in [0, 0.05) is 24.7 Å². The smallest absolute Gasteiger partial charge is 0.107 e. The third kappa shape index (κ3) is 2.38. The van der Waals surface area contributed by atoms with E-state index in [0.29, 0.717) is 11.8 Å². The maximum atomic E-state index is 9.69. The van der Waals surface area contributed by atoms with Gasteiger partial charge in [-0.3, -0.25) is 4.90 Å². The zero-order valence-electron chi connectivity index (χ0n) is 9.70. The molecule has 3 rings (SSSR count). The predicted octanol–water partition coefficient (Wildman–Crippen LogP) is 0.707. The van der Waals surface area contributed by atoms with Crippen LogP contribution in [0.15, 0.2) is 11.6 Å². The highest BCUT2D eigenvalue weighted by atomic mass is 32.1. The Hall–Kier alpha value is -0.490. The number of rotatable bonds is 2. The highest BCUT2D eigenvalue weighted by Crippen LogP contribution is 2.37. The van der Waals surface area contributed by atoms with E-state index in [1.807, 2.05) is 11.6 Å². The second-order valence-corrected chi connectivity index (χ2v) is 6.23. The van der Waals surface area contributed by atoms with E-state index >= 15 is 0 Å². The molecule has 2 heterocycles. The van der Waals surface area contributed by atoms with E-state index in [0.717, 1.165) is 37.5 Å². The van der Waals surface area contributed by atoms with Gasteiger partial charge in [-0.25, -0.2) is 4.98 Å². The second-order valence-electron chi connectivity index (χ2n) is 5.25. The molecule has 0 radical (unpaired) electrons. The lowest BCUT2D eigenvalue weighted by Gasteiger charge is -2.32. The van der Waals surface area contributed by atoms with Crippen LogP contribution in [0.25, 0.3) is 0 Å². The number of nitrogens with zero attached hydrogens (tertiary/aromatic N) is 2. The fraction of sp³-hybridized carbons (Fsp3) is 0.750. The van der Waals surface area contributed by atoms with Crippen LogP contribution in [0.5, 0.6) is 0 Å². The van der Waals surface area contributed by atoms with Crippen molar-refractivity contribution in [1.82, 2.24) is 9.88 Å². The lowest BCUT2D eigenvalue weighted by molar-refractivity contribution is -0.0372. The molecule has 4 nitrogen and oxygen atoms in total. The minimum absolute atomic E-state index is 0.518. The first-order chi connectivity index (χ1) is 8.22. The quantitative estimate of drug-likeness (QED) is 0.816. The summed E-state index contributed by atoms with van der Waals surface area (Å²) < 4.78 is 0. The van der Waals surface area contributed by atoms with Crippen LogP contribution in [0.2, 0.25) is 0 Å². The normalized spacial score (nSPS) is 38.2. The fourth-order valence-electron chi connectivity index (χ4n) is 3.16. The van der Waals surface area contributed by atoms with E-state index in [1.54, 1.807) is 11.3 Å². The van der Waals surface area contributed by atoms with Crippen molar-refractivity contribution >= 4 is 11.3 Å². The highest BCUT2D eigenvalue weighted by Gasteiger charge is 2.40. The molecular weight excluding hydrogens is 236 g/mol. The van der Waals surface area contributed by atoms with Crippen LogP contribution in [-0.2, 0) is 6.54 Å². The van der Waals surface area contributed by atoms with Gasteiger partial charge in [0.05, 0.1) is 18.8 Å². The fourth-order valence-corrected chi connectivity index (χ4v) is 3.81. The molecular formula is C12H18N2O2S. The van der Waals surface area contributed by atoms with Crippen LogP contribution in [0.1, 0.15) is 17.8 Å². The number of hydrogen-bond acceptors (Lipinski definition) is 5. The maximum absolute atomic E-state index is 9.69. The van der Waals surface area contributed by atoms with Crippen LogP contribution < -0.4 is 0 Å². The van der Waals surface area contributed by atoms with E-state index in [2.05, 4.69) is 9.88 Å². The maximum Gasteiger partial charge on any atom is 0.107 e. The summed E-state index contributed by atoms with van der Waals surface area (Å²) in [5, 5.41) is 22.5. The van der Waals surface area contributed by atoms with Crippen molar-refractivity contribution in [2.24, 2.45) is 11.8 Å². The van der Waals surface area contributed by atoms with Crippen molar-refractivity contribution in [3.63, 3.8) is 0 Å². The topological polar surface area (TPSA) is 56.6 Å². The van der Waals surface area contributed by atoms with Crippen molar-refractivity contribution in [3.8, 4) is 0 Å². The Kier molecular flexibility index (Phi) is 3.17. The molecule has 0 amide bonds. The molecule has 1 saturated heterocycles. The Labute approximate surface area is 105 Å². The van der Waals surface area contributed by atoms with Gasteiger partial charge in [-0.05, 0) is 24.7 Å². The number of likely N-dealkylation sites (tertiary alicyclic amines) is 1. The third-order valence-electron chi connectivity index (χ3n) is 4.03. The second kappa shape index (κ2) is 4.65. The molecule has 1 aliphatic heterocycles. The number of hydrogen-bond donors (Lipinski definition) is 2. The van der Waals surface area contributed by atoms with Crippen LogP contribution in [0.3, 0.4) is 0 Å². The van der Waals surface area contributed by atoms with Crippen LogP contribution in [-0.4, -0.2) is 45.4 Å². The van der Waals surface area contributed by atoms with E-state index in [1.165, 1.54) is 0 Å². The van der Waals surface area contributed by atoms with Crippen molar-refractivity contribution < 1.29 is 10.2 Å². The molecule has 2 N–H and O–H groups in total. The summed E-state index contributed by atoms with van der Waals surface area (Å²) in [4.78, 5) is 6.71. The van der Waals surface area contributed by atoms with Gasteiger partial charge < -0.3 is 10.2 Å². The minimum Gasteiger partial charge on any atom is -0.390 e. The summed E-state index contributed by atoms with van der Waals surface area (Å²) >= 11 is 1.69. The van der Waals surface area contributed by atoms with E-state index in [-0.39, 0.29) is 0 Å². The summed E-state index contributed by atoms with van der Waals surface area (Å²) in [6, 6.07) is 0. The first kappa shape index (κ1) is 11.6. The molecule has 17 heavy (non-hydrogen) atoms. The zero-order chi connectivity index (χ0) is 11.8. The molecule has 5 heteroatoms. The average molecular weight is 254 g/mol. The molecule has 0 unspecified atom stereocenters. The van der Waals surface area contributed by atoms with Crippen molar-refractivity contribution in [3.05, 3.63) is 16.6 Å². The average Bonchev–Trinajstić information content (AvgIpc) is 2.89. The van der Waals surface area contributed by atoms with Gasteiger partial charge in [0.2, 0.25) is 0 Å². The number of aromatic nitrogens is 1. The molecule has 1 saturated carbocycles. The summed E-state index contributed by atoms with van der Waals surface area (Å²) in [7, 11) is 0. The third-order valence-corrected chi connectivity index (χ3v) is 4.79. The van der Waals surface area contributed by atoms with Crippen LogP contribution in [0, 0.1) is 11.8 Å². The van der Waals surface area contributed by atoms with E-state index in [9.17, 15) is 10.2 Å². The zero-order valence-corrected chi connectivity index (χ0v) is 10.5. The molecule has 0 bridgehead atoms. The highest BCUT2D eigenvalue weighted by molar-refractivity contribution is 7.09. The van der Waals surface area contributed by atoms with Crippen molar-refractivity contribution in [2.75, 3.05) is 13.1 Å². The van der Waals surface area contributed by atoms with E-state index in [4.69, 9.17) is 0 Å². The lowest BCUT2D eigenvalue weighted by atomic mass is 9.79. The van der Waals surface area contributed by atoms with Crippen molar-refractivity contribution in [1.29, 1.82) is 0 Å². The number of fused-ring (bicyclic) bond motifs is 1. The Morgan fingerprint density at radius 3 is 2.41 bits per heavy atom. The minimum atomic E-state index is -0.518. The molecule has 0 spiro atoms. The van der Waals surface area contributed by atoms with Gasteiger partial charge in [-0.2, -0.15) is 0 Å². The standard InChI is InChI=1S/C12H18N2O2S/c15-10-3-8-5-14(6-9(8)4-11(10)16)7-12-13-1-2-17-12/h1-2,8-11,15-16H,3-7H2/t8-,9+,10-,11-/m0/s1. The summed E-state index contributed by atoms with van der Waals surface area (Å²) in [5.41, 5.74) is 0. The number of aliphatic hydroxyl groups excluding tert-OH is 2. The molecule has 1 aliphatic carbocycles. The first-order valence-corrected chi connectivity index (χ1v) is 7.07. The summed E-state index contributed by atoms with van der Waals surface area (Å²) in [6.07, 6.45) is 2.31. The van der Waals surface area contributed by atoms with Gasteiger partial charge in [-0.1, -0.05) is 0 Å². The molecule has 94 valence electrons. The molecule has 1 aromatic heterocycles. The Bertz CT molecular complexity index is 353. The van der Waals surface area contributed by atoms with Gasteiger partial charge in [-0.15, -0.1) is 11.3 Å². The Morgan fingerprint density at radius 1 is 1.24 bits per heavy atom. The number of aliphatic hydroxyl groups is 2. The van der Waals surface area contributed by atoms with Crippen molar-refractivity contribution in [2.45, 2.75) is 31.6 Å². The summed E-state index contributed by atoms with van der Waals surface area (Å²) in [5.74, 6) is 1.10. The van der Waals surface area contributed by atoms with Crippen LogP contribution in [0.4, 0.5) is 0 Å². The van der Waals surface area contributed by atoms with Crippen LogP contribution >= 0.6 is 11.3 Å². The van der Waals surface area contributed by atoms with E-state index < -0.39 is 12.2 Å². The molecule has 2 fully saturated rings.